The topological polar surface area (TPSA) is 21.1 Å². The van der Waals surface area contributed by atoms with Gasteiger partial charge in [0.25, 0.3) is 0 Å². The van der Waals surface area contributed by atoms with E-state index in [-0.39, 0.29) is 0 Å². The first kappa shape index (κ1) is 11.5. The Kier molecular flexibility index (Phi) is 3.33. The second-order valence-electron chi connectivity index (χ2n) is 4.59. The van der Waals surface area contributed by atoms with Gasteiger partial charge in [-0.25, -0.2) is 0 Å². The molecule has 0 spiro atoms. The molecular weight excluding hydrogens is 325 g/mol. The molecule has 0 bridgehead atoms. The molecule has 0 atom stereocenters. The predicted octanol–water partition coefficient (Wildman–Crippen LogP) is 2.74. The smallest absolute Gasteiger partial charge is 0.101 e. The van der Waals surface area contributed by atoms with Gasteiger partial charge in [0.05, 0.1) is 9.09 Å². The zero-order valence-electron chi connectivity index (χ0n) is 9.77. The molecule has 3 nitrogen and oxygen atoms in total. The lowest BCUT2D eigenvalue weighted by Crippen LogP contribution is -2.23. The van der Waals surface area contributed by atoms with Crippen LogP contribution < -0.4 is 0 Å². The van der Waals surface area contributed by atoms with E-state index in [1.54, 1.807) is 0 Å². The van der Waals surface area contributed by atoms with Crippen molar-refractivity contribution >= 4 is 33.6 Å². The number of pyridine rings is 1. The van der Waals surface area contributed by atoms with Crippen molar-refractivity contribution in [2.75, 3.05) is 19.6 Å². The van der Waals surface area contributed by atoms with E-state index in [4.69, 9.17) is 0 Å². The maximum absolute atomic E-state index is 4.44. The lowest BCUT2D eigenvalue weighted by atomic mass is 10.4. The SMILES string of the molecule is Ic1cn(CCN2CCCC2)c2cccnc12. The number of nitrogens with zero attached hydrogens (tertiary/aromatic N) is 3. The number of hydrogen-bond donors (Lipinski definition) is 0. The summed E-state index contributed by atoms with van der Waals surface area (Å²) in [6.45, 7) is 4.78. The molecule has 1 aliphatic rings. The normalized spacial score (nSPS) is 17.0. The zero-order valence-corrected chi connectivity index (χ0v) is 11.9. The highest BCUT2D eigenvalue weighted by Gasteiger charge is 2.12. The third kappa shape index (κ3) is 2.33. The van der Waals surface area contributed by atoms with E-state index in [1.807, 2.05) is 12.3 Å². The van der Waals surface area contributed by atoms with Crippen LogP contribution in [-0.2, 0) is 6.54 Å². The summed E-state index contributed by atoms with van der Waals surface area (Å²) in [5.41, 5.74) is 2.39. The fraction of sp³-hybridized carbons (Fsp3) is 0.462. The summed E-state index contributed by atoms with van der Waals surface area (Å²) >= 11 is 2.37. The highest BCUT2D eigenvalue weighted by molar-refractivity contribution is 14.1. The minimum Gasteiger partial charge on any atom is -0.344 e. The molecule has 2 aromatic rings. The minimum atomic E-state index is 1.07. The number of rotatable bonds is 3. The Labute approximate surface area is 115 Å². The Balaban J connectivity index is 1.80. The summed E-state index contributed by atoms with van der Waals surface area (Å²) < 4.78 is 3.59. The van der Waals surface area contributed by atoms with Crippen LogP contribution in [0.4, 0.5) is 0 Å². The Morgan fingerprint density at radius 3 is 2.88 bits per heavy atom. The fourth-order valence-electron chi connectivity index (χ4n) is 2.52. The average Bonchev–Trinajstić information content (AvgIpc) is 2.96. The number of halogens is 1. The molecule has 0 N–H and O–H groups in total. The maximum Gasteiger partial charge on any atom is 0.101 e. The van der Waals surface area contributed by atoms with Crippen LogP contribution >= 0.6 is 22.6 Å². The van der Waals surface area contributed by atoms with Gasteiger partial charge in [0.2, 0.25) is 0 Å². The third-order valence-corrected chi connectivity index (χ3v) is 4.24. The van der Waals surface area contributed by atoms with Crippen molar-refractivity contribution in [2.45, 2.75) is 19.4 Å². The van der Waals surface area contributed by atoms with E-state index in [1.165, 1.54) is 35.0 Å². The molecular formula is C13H16IN3. The van der Waals surface area contributed by atoms with E-state index >= 15 is 0 Å². The Morgan fingerprint density at radius 2 is 2.06 bits per heavy atom. The molecule has 0 saturated carbocycles. The molecule has 2 aromatic heterocycles. The quantitative estimate of drug-likeness (QED) is 0.801. The molecule has 0 aromatic carbocycles. The van der Waals surface area contributed by atoms with Crippen LogP contribution in [0.5, 0.6) is 0 Å². The summed E-state index contributed by atoms with van der Waals surface area (Å²) in [5.74, 6) is 0. The van der Waals surface area contributed by atoms with Crippen molar-refractivity contribution in [2.24, 2.45) is 0 Å². The van der Waals surface area contributed by atoms with Crippen LogP contribution in [0.3, 0.4) is 0 Å². The van der Waals surface area contributed by atoms with Gasteiger partial charge >= 0.3 is 0 Å². The first-order valence-corrected chi connectivity index (χ1v) is 7.24. The summed E-state index contributed by atoms with van der Waals surface area (Å²) in [6, 6.07) is 4.18. The van der Waals surface area contributed by atoms with Gasteiger partial charge in [-0.1, -0.05) is 0 Å². The molecule has 0 radical (unpaired) electrons. The van der Waals surface area contributed by atoms with Gasteiger partial charge in [0, 0.05) is 25.5 Å². The molecule has 1 aliphatic heterocycles. The van der Waals surface area contributed by atoms with Gasteiger partial charge in [-0.05, 0) is 60.7 Å². The first-order chi connectivity index (χ1) is 8.34. The van der Waals surface area contributed by atoms with E-state index in [9.17, 15) is 0 Å². The van der Waals surface area contributed by atoms with Crippen molar-refractivity contribution in [1.29, 1.82) is 0 Å². The first-order valence-electron chi connectivity index (χ1n) is 6.16. The van der Waals surface area contributed by atoms with Gasteiger partial charge in [0.15, 0.2) is 0 Å². The van der Waals surface area contributed by atoms with Crippen LogP contribution in [0.1, 0.15) is 12.8 Å². The second-order valence-corrected chi connectivity index (χ2v) is 5.75. The third-order valence-electron chi connectivity index (χ3n) is 3.45. The lowest BCUT2D eigenvalue weighted by Gasteiger charge is -2.15. The van der Waals surface area contributed by atoms with Crippen LogP contribution in [-0.4, -0.2) is 34.1 Å². The molecule has 17 heavy (non-hydrogen) atoms. The Morgan fingerprint density at radius 1 is 1.24 bits per heavy atom. The van der Waals surface area contributed by atoms with Gasteiger partial charge in [-0.15, -0.1) is 0 Å². The molecule has 4 heteroatoms. The van der Waals surface area contributed by atoms with Crippen molar-refractivity contribution in [3.63, 3.8) is 0 Å². The lowest BCUT2D eigenvalue weighted by molar-refractivity contribution is 0.324. The van der Waals surface area contributed by atoms with Gasteiger partial charge in [0.1, 0.15) is 5.52 Å². The molecule has 3 rings (SSSR count). The molecule has 0 aliphatic carbocycles. The summed E-state index contributed by atoms with van der Waals surface area (Å²) in [5, 5.41) is 0. The highest BCUT2D eigenvalue weighted by atomic mass is 127. The number of hydrogen-bond acceptors (Lipinski definition) is 2. The van der Waals surface area contributed by atoms with Gasteiger partial charge in [-0.3, -0.25) is 4.98 Å². The van der Waals surface area contributed by atoms with Crippen molar-refractivity contribution in [3.05, 3.63) is 28.1 Å². The minimum absolute atomic E-state index is 1.07. The standard InChI is InChI=1S/C13H16IN3/c14-11-10-17(9-8-16-6-1-2-7-16)12-4-3-5-15-13(11)12/h3-5,10H,1-2,6-9H2. The van der Waals surface area contributed by atoms with Crippen LogP contribution in [0.15, 0.2) is 24.5 Å². The number of aromatic nitrogens is 2. The molecule has 1 fully saturated rings. The van der Waals surface area contributed by atoms with E-state index in [2.05, 4.69) is 49.3 Å². The van der Waals surface area contributed by atoms with Crippen molar-refractivity contribution < 1.29 is 0 Å². The summed E-state index contributed by atoms with van der Waals surface area (Å²) in [4.78, 5) is 6.99. The Hall–Kier alpha value is -0.620. The molecule has 1 saturated heterocycles. The molecule has 0 unspecified atom stereocenters. The molecule has 90 valence electrons. The van der Waals surface area contributed by atoms with E-state index < -0.39 is 0 Å². The Bertz CT molecular complexity index is 514. The zero-order chi connectivity index (χ0) is 11.7. The van der Waals surface area contributed by atoms with Crippen molar-refractivity contribution in [1.82, 2.24) is 14.5 Å². The fourth-order valence-corrected chi connectivity index (χ4v) is 3.27. The van der Waals surface area contributed by atoms with Crippen LogP contribution in [0.25, 0.3) is 11.0 Å². The van der Waals surface area contributed by atoms with Crippen LogP contribution in [0.2, 0.25) is 0 Å². The monoisotopic (exact) mass is 341 g/mol. The summed E-state index contributed by atoms with van der Waals surface area (Å²) in [7, 11) is 0. The average molecular weight is 341 g/mol. The second kappa shape index (κ2) is 4.94. The highest BCUT2D eigenvalue weighted by Crippen LogP contribution is 2.20. The van der Waals surface area contributed by atoms with Gasteiger partial charge in [-0.2, -0.15) is 0 Å². The van der Waals surface area contributed by atoms with Gasteiger partial charge < -0.3 is 9.47 Å². The molecule has 0 amide bonds. The molecule has 3 heterocycles. The number of fused-ring (bicyclic) bond motifs is 1. The predicted molar refractivity (Wildman–Crippen MR) is 78.1 cm³/mol. The largest absolute Gasteiger partial charge is 0.344 e. The summed E-state index contributed by atoms with van der Waals surface area (Å²) in [6.07, 6.45) is 6.82. The number of likely N-dealkylation sites (tertiary alicyclic amines) is 1. The maximum atomic E-state index is 4.44. The van der Waals surface area contributed by atoms with Crippen molar-refractivity contribution in [3.8, 4) is 0 Å². The van der Waals surface area contributed by atoms with Crippen LogP contribution in [0, 0.1) is 3.57 Å². The van der Waals surface area contributed by atoms with E-state index in [0.717, 1.165) is 18.6 Å². The van der Waals surface area contributed by atoms with E-state index in [0.29, 0.717) is 0 Å².